The number of anilines is 1. The maximum absolute atomic E-state index is 13.1. The Kier molecular flexibility index (Phi) is 5.98. The zero-order chi connectivity index (χ0) is 19.4. The van der Waals surface area contributed by atoms with Crippen molar-refractivity contribution in [2.45, 2.75) is 17.7 Å². The summed E-state index contributed by atoms with van der Waals surface area (Å²) in [5.74, 6) is -0.808. The van der Waals surface area contributed by atoms with Crippen LogP contribution in [0.4, 0.5) is 10.1 Å². The number of nitrogens with zero attached hydrogens (tertiary/aromatic N) is 1. The maximum atomic E-state index is 13.1. The van der Waals surface area contributed by atoms with Crippen molar-refractivity contribution in [2.24, 2.45) is 0 Å². The summed E-state index contributed by atoms with van der Waals surface area (Å²) >= 11 is 5.66. The highest BCUT2D eigenvalue weighted by molar-refractivity contribution is 7.89. The molecule has 1 fully saturated rings. The fraction of sp³-hybridized carbons (Fsp3) is 0.278. The molecule has 0 atom stereocenters. The molecular formula is C18H18ClFN2O4S. The van der Waals surface area contributed by atoms with E-state index in [4.69, 9.17) is 16.3 Å². The van der Waals surface area contributed by atoms with Crippen molar-refractivity contribution in [1.29, 1.82) is 0 Å². The molecule has 1 amide bonds. The molecule has 0 spiro atoms. The third-order valence-corrected chi connectivity index (χ3v) is 6.27. The van der Waals surface area contributed by atoms with E-state index in [1.165, 1.54) is 28.6 Å². The van der Waals surface area contributed by atoms with Crippen LogP contribution in [-0.4, -0.2) is 38.3 Å². The van der Waals surface area contributed by atoms with Gasteiger partial charge in [-0.25, -0.2) is 12.8 Å². The lowest BCUT2D eigenvalue weighted by Gasteiger charge is -2.16. The molecule has 0 aromatic heterocycles. The van der Waals surface area contributed by atoms with Gasteiger partial charge in [-0.1, -0.05) is 17.7 Å². The molecule has 1 heterocycles. The van der Waals surface area contributed by atoms with Crippen LogP contribution in [0.25, 0.3) is 0 Å². The van der Waals surface area contributed by atoms with E-state index in [0.29, 0.717) is 18.8 Å². The third-order valence-electron chi connectivity index (χ3n) is 4.08. The number of nitrogens with one attached hydrogen (secondary N) is 1. The molecule has 1 saturated heterocycles. The standard InChI is InChI=1S/C18H18ClFN2O4S/c19-16-11-14(6-7-17(16)20)26-12-18(23)21-13-4-3-5-15(10-13)27(24,25)22-8-1-2-9-22/h3-7,10-11H,1-2,8-9,12H2,(H,21,23). The summed E-state index contributed by atoms with van der Waals surface area (Å²) in [4.78, 5) is 12.2. The molecule has 6 nitrogen and oxygen atoms in total. The van der Waals surface area contributed by atoms with Gasteiger partial charge in [-0.15, -0.1) is 0 Å². The van der Waals surface area contributed by atoms with Gasteiger partial charge in [-0.2, -0.15) is 4.31 Å². The van der Waals surface area contributed by atoms with E-state index >= 15 is 0 Å². The first-order chi connectivity index (χ1) is 12.9. The lowest BCUT2D eigenvalue weighted by atomic mass is 10.3. The number of ether oxygens (including phenoxy) is 1. The van der Waals surface area contributed by atoms with E-state index in [1.807, 2.05) is 0 Å². The van der Waals surface area contributed by atoms with Gasteiger partial charge in [0.2, 0.25) is 10.0 Å². The second kappa shape index (κ2) is 8.24. The van der Waals surface area contributed by atoms with Crippen molar-refractivity contribution in [3.8, 4) is 5.75 Å². The van der Waals surface area contributed by atoms with Crippen LogP contribution in [0.5, 0.6) is 5.75 Å². The van der Waals surface area contributed by atoms with Crippen molar-refractivity contribution >= 4 is 33.2 Å². The fourth-order valence-corrected chi connectivity index (χ4v) is 4.46. The second-order valence-electron chi connectivity index (χ2n) is 6.05. The summed E-state index contributed by atoms with van der Waals surface area (Å²) in [7, 11) is -3.56. The van der Waals surface area contributed by atoms with Crippen molar-refractivity contribution < 1.29 is 22.3 Å². The molecule has 0 bridgehead atoms. The highest BCUT2D eigenvalue weighted by atomic mass is 35.5. The summed E-state index contributed by atoms with van der Waals surface area (Å²) < 4.78 is 45.0. The van der Waals surface area contributed by atoms with Crippen molar-refractivity contribution in [1.82, 2.24) is 4.31 Å². The number of hydrogen-bond donors (Lipinski definition) is 1. The number of sulfonamides is 1. The molecule has 27 heavy (non-hydrogen) atoms. The predicted octanol–water partition coefficient (Wildman–Crippen LogP) is 3.28. The lowest BCUT2D eigenvalue weighted by molar-refractivity contribution is -0.118. The van der Waals surface area contributed by atoms with Gasteiger partial charge >= 0.3 is 0 Å². The minimum atomic E-state index is -3.56. The molecule has 0 aliphatic carbocycles. The Hall–Kier alpha value is -2.16. The molecule has 0 radical (unpaired) electrons. The summed E-state index contributed by atoms with van der Waals surface area (Å²) in [6.45, 7) is 0.686. The van der Waals surface area contributed by atoms with Crippen LogP contribution in [-0.2, 0) is 14.8 Å². The van der Waals surface area contributed by atoms with Crippen molar-refractivity contribution in [2.75, 3.05) is 25.0 Å². The van der Waals surface area contributed by atoms with Crippen LogP contribution in [0.3, 0.4) is 0 Å². The van der Waals surface area contributed by atoms with Crippen LogP contribution in [0.2, 0.25) is 5.02 Å². The van der Waals surface area contributed by atoms with Crippen LogP contribution >= 0.6 is 11.6 Å². The SMILES string of the molecule is O=C(COc1ccc(F)c(Cl)c1)Nc1cccc(S(=O)(=O)N2CCCC2)c1. The van der Waals surface area contributed by atoms with Crippen molar-refractivity contribution in [3.63, 3.8) is 0 Å². The molecule has 1 N–H and O–H groups in total. The summed E-state index contributed by atoms with van der Waals surface area (Å²) in [6, 6.07) is 9.85. The van der Waals surface area contributed by atoms with Crippen LogP contribution in [0, 0.1) is 5.82 Å². The Morgan fingerprint density at radius 1 is 1.19 bits per heavy atom. The first kappa shape index (κ1) is 19.6. The van der Waals surface area contributed by atoms with Gasteiger partial charge in [0.25, 0.3) is 5.91 Å². The minimum absolute atomic E-state index is 0.104. The maximum Gasteiger partial charge on any atom is 0.262 e. The average molecular weight is 413 g/mol. The average Bonchev–Trinajstić information content (AvgIpc) is 3.18. The van der Waals surface area contributed by atoms with E-state index in [-0.39, 0.29) is 22.3 Å². The zero-order valence-corrected chi connectivity index (χ0v) is 15.9. The first-order valence-electron chi connectivity index (χ1n) is 8.34. The summed E-state index contributed by atoms with van der Waals surface area (Å²) in [6.07, 6.45) is 1.70. The molecule has 0 saturated carbocycles. The Balaban J connectivity index is 1.63. The van der Waals surface area contributed by atoms with Crippen LogP contribution in [0.1, 0.15) is 12.8 Å². The highest BCUT2D eigenvalue weighted by Gasteiger charge is 2.27. The normalized spacial score (nSPS) is 14.9. The Labute approximate surface area is 161 Å². The van der Waals surface area contributed by atoms with E-state index in [9.17, 15) is 17.6 Å². The van der Waals surface area contributed by atoms with E-state index in [0.717, 1.165) is 18.9 Å². The van der Waals surface area contributed by atoms with E-state index < -0.39 is 21.7 Å². The van der Waals surface area contributed by atoms with Crippen molar-refractivity contribution in [3.05, 3.63) is 53.3 Å². The van der Waals surface area contributed by atoms with E-state index in [1.54, 1.807) is 12.1 Å². The van der Waals surface area contributed by atoms with Crippen LogP contribution in [0.15, 0.2) is 47.4 Å². The largest absolute Gasteiger partial charge is 0.484 e. The highest BCUT2D eigenvalue weighted by Crippen LogP contribution is 2.23. The van der Waals surface area contributed by atoms with Gasteiger partial charge in [0.1, 0.15) is 11.6 Å². The number of benzene rings is 2. The van der Waals surface area contributed by atoms with Gasteiger partial charge in [0.05, 0.1) is 9.92 Å². The smallest absolute Gasteiger partial charge is 0.262 e. The number of carbonyl (C=O) groups is 1. The van der Waals surface area contributed by atoms with Gasteiger partial charge in [0, 0.05) is 24.8 Å². The molecule has 0 unspecified atom stereocenters. The summed E-state index contributed by atoms with van der Waals surface area (Å²) in [5, 5.41) is 2.48. The van der Waals surface area contributed by atoms with Gasteiger partial charge in [-0.05, 0) is 43.2 Å². The number of rotatable bonds is 6. The Bertz CT molecular complexity index is 946. The quantitative estimate of drug-likeness (QED) is 0.790. The van der Waals surface area contributed by atoms with Gasteiger partial charge < -0.3 is 10.1 Å². The zero-order valence-electron chi connectivity index (χ0n) is 14.3. The minimum Gasteiger partial charge on any atom is -0.484 e. The second-order valence-corrected chi connectivity index (χ2v) is 8.40. The monoisotopic (exact) mass is 412 g/mol. The molecule has 2 aromatic rings. The fourth-order valence-electron chi connectivity index (χ4n) is 2.72. The lowest BCUT2D eigenvalue weighted by Crippen LogP contribution is -2.28. The Morgan fingerprint density at radius 2 is 1.93 bits per heavy atom. The Morgan fingerprint density at radius 3 is 2.63 bits per heavy atom. The molecule has 9 heteroatoms. The number of carbonyl (C=O) groups excluding carboxylic acids is 1. The topological polar surface area (TPSA) is 75.7 Å². The number of halogens is 2. The van der Waals surface area contributed by atoms with Crippen LogP contribution < -0.4 is 10.1 Å². The van der Waals surface area contributed by atoms with Gasteiger partial charge in [-0.3, -0.25) is 4.79 Å². The number of hydrogen-bond acceptors (Lipinski definition) is 4. The molecule has 1 aliphatic rings. The molecule has 2 aromatic carbocycles. The summed E-state index contributed by atoms with van der Waals surface area (Å²) in [5.41, 5.74) is 0.348. The van der Waals surface area contributed by atoms with E-state index in [2.05, 4.69) is 5.32 Å². The molecular weight excluding hydrogens is 395 g/mol. The molecule has 1 aliphatic heterocycles. The third kappa shape index (κ3) is 4.77. The molecule has 144 valence electrons. The predicted molar refractivity (Wildman–Crippen MR) is 100.0 cm³/mol. The van der Waals surface area contributed by atoms with Gasteiger partial charge in [0.15, 0.2) is 6.61 Å². The molecule has 3 rings (SSSR count). The first-order valence-corrected chi connectivity index (χ1v) is 10.2. The number of amides is 1.